The first-order valence-corrected chi connectivity index (χ1v) is 8.98. The van der Waals surface area contributed by atoms with Crippen molar-refractivity contribution in [2.45, 2.75) is 29.1 Å². The Kier molecular flexibility index (Phi) is 5.00. The lowest BCUT2D eigenvalue weighted by Gasteiger charge is -2.19. The molecular weight excluding hydrogens is 328 g/mol. The van der Waals surface area contributed by atoms with Gasteiger partial charge < -0.3 is 4.90 Å². The van der Waals surface area contributed by atoms with E-state index < -0.39 is 10.0 Å². The Morgan fingerprint density at radius 1 is 1.37 bits per heavy atom. The monoisotopic (exact) mass is 346 g/mol. The predicted molar refractivity (Wildman–Crippen MR) is 79.9 cm³/mol. The molecule has 106 valence electrons. The molecule has 19 heavy (non-hydrogen) atoms. The summed E-state index contributed by atoms with van der Waals surface area (Å²) in [5, 5.41) is 0.730. The van der Waals surface area contributed by atoms with E-state index in [2.05, 4.69) is 25.6 Å². The van der Waals surface area contributed by atoms with Gasteiger partial charge in [-0.1, -0.05) is 28.1 Å². The molecule has 1 aromatic rings. The minimum absolute atomic E-state index is 0.316. The van der Waals surface area contributed by atoms with Crippen LogP contribution < -0.4 is 4.72 Å². The third kappa shape index (κ3) is 3.78. The van der Waals surface area contributed by atoms with Crippen LogP contribution in [0.15, 0.2) is 29.2 Å². The fraction of sp³-hybridized carbons (Fsp3) is 0.538. The first-order chi connectivity index (χ1) is 9.03. The predicted octanol–water partition coefficient (Wildman–Crippen LogP) is 1.95. The second-order valence-electron chi connectivity index (χ2n) is 4.91. The highest BCUT2D eigenvalue weighted by atomic mass is 79.9. The number of likely N-dealkylation sites (tertiary alicyclic amines) is 1. The van der Waals surface area contributed by atoms with Crippen LogP contribution in [-0.2, 0) is 15.4 Å². The van der Waals surface area contributed by atoms with Gasteiger partial charge in [-0.25, -0.2) is 13.1 Å². The summed E-state index contributed by atoms with van der Waals surface area (Å²) in [6.07, 6.45) is 2.20. The number of sulfonamides is 1. The van der Waals surface area contributed by atoms with Gasteiger partial charge in [0.2, 0.25) is 10.0 Å². The van der Waals surface area contributed by atoms with Crippen molar-refractivity contribution in [1.82, 2.24) is 9.62 Å². The third-order valence-corrected chi connectivity index (χ3v) is 5.66. The first-order valence-electron chi connectivity index (χ1n) is 6.38. The molecule has 1 fully saturated rings. The molecule has 1 aliphatic heterocycles. The van der Waals surface area contributed by atoms with Crippen molar-refractivity contribution in [3.63, 3.8) is 0 Å². The molecular formula is C13H19BrN2O2S. The van der Waals surface area contributed by atoms with Crippen molar-refractivity contribution < 1.29 is 8.42 Å². The molecule has 1 heterocycles. The molecule has 0 saturated carbocycles. The number of nitrogens with zero attached hydrogens (tertiary/aromatic N) is 1. The Bertz CT molecular complexity index is 516. The summed E-state index contributed by atoms with van der Waals surface area (Å²) in [4.78, 5) is 2.54. The van der Waals surface area contributed by atoms with E-state index >= 15 is 0 Å². The van der Waals surface area contributed by atoms with Crippen LogP contribution >= 0.6 is 15.9 Å². The fourth-order valence-corrected chi connectivity index (χ4v) is 3.73. The number of halogens is 1. The van der Waals surface area contributed by atoms with Crippen LogP contribution in [0.4, 0.5) is 0 Å². The van der Waals surface area contributed by atoms with Crippen molar-refractivity contribution in [1.29, 1.82) is 0 Å². The lowest BCUT2D eigenvalue weighted by molar-refractivity contribution is 0.311. The van der Waals surface area contributed by atoms with Crippen molar-refractivity contribution in [3.8, 4) is 0 Å². The van der Waals surface area contributed by atoms with E-state index in [9.17, 15) is 8.42 Å². The maximum Gasteiger partial charge on any atom is 0.240 e. The number of benzene rings is 1. The lowest BCUT2D eigenvalue weighted by atomic mass is 10.2. The van der Waals surface area contributed by atoms with Gasteiger partial charge >= 0.3 is 0 Å². The van der Waals surface area contributed by atoms with Gasteiger partial charge in [0.05, 0.1) is 4.90 Å². The van der Waals surface area contributed by atoms with Gasteiger partial charge in [0.1, 0.15) is 0 Å². The summed E-state index contributed by atoms with van der Waals surface area (Å²) in [5.74, 6) is 0. The maximum absolute atomic E-state index is 12.2. The Balaban J connectivity index is 2.01. The van der Waals surface area contributed by atoms with E-state index in [-0.39, 0.29) is 0 Å². The molecule has 1 saturated heterocycles. The van der Waals surface area contributed by atoms with Gasteiger partial charge in [-0.15, -0.1) is 0 Å². The average Bonchev–Trinajstić information content (AvgIpc) is 2.82. The molecule has 0 bridgehead atoms. The Labute approximate surface area is 123 Å². The molecule has 6 heteroatoms. The summed E-state index contributed by atoms with van der Waals surface area (Å²) in [6, 6.07) is 7.27. The molecule has 1 unspecified atom stereocenters. The number of likely N-dealkylation sites (N-methyl/N-ethyl adjacent to an activating group) is 1. The van der Waals surface area contributed by atoms with E-state index in [0.717, 1.165) is 30.3 Å². The third-order valence-electron chi connectivity index (χ3n) is 3.57. The van der Waals surface area contributed by atoms with Crippen LogP contribution in [0.1, 0.15) is 18.4 Å². The molecule has 4 nitrogen and oxygen atoms in total. The van der Waals surface area contributed by atoms with Crippen LogP contribution in [0.25, 0.3) is 0 Å². The zero-order chi connectivity index (χ0) is 13.9. The Morgan fingerprint density at radius 3 is 2.58 bits per heavy atom. The van der Waals surface area contributed by atoms with E-state index in [0.29, 0.717) is 17.5 Å². The molecule has 0 aliphatic carbocycles. The Morgan fingerprint density at radius 2 is 2.05 bits per heavy atom. The van der Waals surface area contributed by atoms with Crippen molar-refractivity contribution in [3.05, 3.63) is 29.8 Å². The molecule has 1 N–H and O–H groups in total. The van der Waals surface area contributed by atoms with Crippen LogP contribution in [-0.4, -0.2) is 39.5 Å². The quantitative estimate of drug-likeness (QED) is 0.829. The minimum atomic E-state index is -3.39. The van der Waals surface area contributed by atoms with Gasteiger partial charge in [-0.05, 0) is 44.1 Å². The second kappa shape index (κ2) is 6.35. The van der Waals surface area contributed by atoms with E-state index in [1.165, 1.54) is 0 Å². The maximum atomic E-state index is 12.2. The summed E-state index contributed by atoms with van der Waals surface area (Å²) in [5.41, 5.74) is 1.06. The summed E-state index contributed by atoms with van der Waals surface area (Å²) in [7, 11) is -1.35. The van der Waals surface area contributed by atoms with Gasteiger partial charge in [0.15, 0.2) is 0 Å². The van der Waals surface area contributed by atoms with Crippen LogP contribution in [0, 0.1) is 0 Å². The average molecular weight is 347 g/mol. The Hall–Kier alpha value is -0.430. The number of alkyl halides is 1. The molecule has 0 amide bonds. The highest BCUT2D eigenvalue weighted by Crippen LogP contribution is 2.16. The number of hydrogen-bond donors (Lipinski definition) is 1. The standard InChI is InChI=1S/C13H19BrN2O2S/c1-16-8-2-3-12(16)10-15-19(17,18)13-6-4-11(9-14)5-7-13/h4-7,12,15H,2-3,8-10H2,1H3. The number of nitrogens with one attached hydrogen (secondary N) is 1. The molecule has 1 atom stereocenters. The number of rotatable bonds is 5. The normalized spacial score (nSPS) is 20.8. The van der Waals surface area contributed by atoms with Crippen LogP contribution in [0.5, 0.6) is 0 Å². The molecule has 0 aromatic heterocycles. The van der Waals surface area contributed by atoms with Gasteiger partial charge in [-0.3, -0.25) is 0 Å². The molecule has 1 aliphatic rings. The molecule has 1 aromatic carbocycles. The van der Waals surface area contributed by atoms with Gasteiger partial charge in [0.25, 0.3) is 0 Å². The zero-order valence-electron chi connectivity index (χ0n) is 11.0. The highest BCUT2D eigenvalue weighted by molar-refractivity contribution is 9.08. The van der Waals surface area contributed by atoms with Crippen LogP contribution in [0.2, 0.25) is 0 Å². The van der Waals surface area contributed by atoms with Gasteiger partial charge in [-0.2, -0.15) is 0 Å². The van der Waals surface area contributed by atoms with E-state index in [4.69, 9.17) is 0 Å². The van der Waals surface area contributed by atoms with Crippen molar-refractivity contribution in [2.75, 3.05) is 20.1 Å². The largest absolute Gasteiger partial charge is 0.302 e. The SMILES string of the molecule is CN1CCCC1CNS(=O)(=O)c1ccc(CBr)cc1. The van der Waals surface area contributed by atoms with E-state index in [1.807, 2.05) is 19.2 Å². The molecule has 0 spiro atoms. The zero-order valence-corrected chi connectivity index (χ0v) is 13.4. The van der Waals surface area contributed by atoms with Crippen LogP contribution in [0.3, 0.4) is 0 Å². The number of hydrogen-bond acceptors (Lipinski definition) is 3. The fourth-order valence-electron chi connectivity index (χ4n) is 2.28. The van der Waals surface area contributed by atoms with Crippen molar-refractivity contribution >= 4 is 26.0 Å². The summed E-state index contributed by atoms with van der Waals surface area (Å²) < 4.78 is 27.0. The lowest BCUT2D eigenvalue weighted by Crippen LogP contribution is -2.38. The van der Waals surface area contributed by atoms with Gasteiger partial charge in [0, 0.05) is 17.9 Å². The highest BCUT2D eigenvalue weighted by Gasteiger charge is 2.23. The minimum Gasteiger partial charge on any atom is -0.302 e. The topological polar surface area (TPSA) is 49.4 Å². The van der Waals surface area contributed by atoms with Crippen molar-refractivity contribution in [2.24, 2.45) is 0 Å². The smallest absolute Gasteiger partial charge is 0.240 e. The molecule has 0 radical (unpaired) electrons. The summed E-state index contributed by atoms with van der Waals surface area (Å²) in [6.45, 7) is 1.53. The first kappa shape index (κ1) is 15.0. The second-order valence-corrected chi connectivity index (χ2v) is 7.23. The molecule has 2 rings (SSSR count). The summed E-state index contributed by atoms with van der Waals surface area (Å²) >= 11 is 3.34. The van der Waals surface area contributed by atoms with E-state index in [1.54, 1.807) is 12.1 Å².